The van der Waals surface area contributed by atoms with E-state index in [-0.39, 0.29) is 6.03 Å². The Hall–Kier alpha value is -2.40. The maximum Gasteiger partial charge on any atom is 0.319 e. The topological polar surface area (TPSA) is 59.6 Å². The number of benzene rings is 2. The largest absolute Gasteiger partial charge is 0.494 e. The summed E-state index contributed by atoms with van der Waals surface area (Å²) in [5.74, 6) is 1.48. The van der Waals surface area contributed by atoms with E-state index in [9.17, 15) is 4.79 Å². The Bertz CT molecular complexity index is 615. The standard InChI is InChI=1S/C17H19ClN2O3/c1-2-22-15-9-5-14(6-10-15)20-17(21)19-11-12-23-16-7-3-13(18)4-8-16/h3-10H,2,11-12H2,1H3,(H2,19,20,21). The quantitative estimate of drug-likeness (QED) is 0.754. The van der Waals surface area contributed by atoms with E-state index in [1.807, 2.05) is 19.1 Å². The molecule has 5 nitrogen and oxygen atoms in total. The first-order valence-corrected chi connectivity index (χ1v) is 7.71. The zero-order chi connectivity index (χ0) is 16.5. The number of hydrogen-bond acceptors (Lipinski definition) is 3. The van der Waals surface area contributed by atoms with Gasteiger partial charge in [0.05, 0.1) is 13.2 Å². The number of anilines is 1. The zero-order valence-electron chi connectivity index (χ0n) is 12.8. The first kappa shape index (κ1) is 17.0. The average molecular weight is 335 g/mol. The van der Waals surface area contributed by atoms with Crippen LogP contribution in [0.25, 0.3) is 0 Å². The van der Waals surface area contributed by atoms with Crippen LogP contribution in [-0.4, -0.2) is 25.8 Å². The fourth-order valence-corrected chi connectivity index (χ4v) is 1.97. The number of nitrogens with one attached hydrogen (secondary N) is 2. The van der Waals surface area contributed by atoms with Crippen molar-refractivity contribution in [2.75, 3.05) is 25.1 Å². The van der Waals surface area contributed by atoms with Crippen molar-refractivity contribution < 1.29 is 14.3 Å². The van der Waals surface area contributed by atoms with Crippen molar-refractivity contribution in [1.29, 1.82) is 0 Å². The summed E-state index contributed by atoms with van der Waals surface area (Å²) in [4.78, 5) is 11.8. The van der Waals surface area contributed by atoms with Crippen LogP contribution in [0.2, 0.25) is 5.02 Å². The van der Waals surface area contributed by atoms with Gasteiger partial charge in [0.25, 0.3) is 0 Å². The van der Waals surface area contributed by atoms with E-state index in [0.717, 1.165) is 5.75 Å². The molecule has 0 radical (unpaired) electrons. The Kier molecular flexibility index (Phi) is 6.56. The molecule has 0 heterocycles. The molecule has 2 amide bonds. The van der Waals surface area contributed by atoms with Crippen LogP contribution in [0.1, 0.15) is 6.92 Å². The fraction of sp³-hybridized carbons (Fsp3) is 0.235. The van der Waals surface area contributed by atoms with Gasteiger partial charge in [0.1, 0.15) is 18.1 Å². The summed E-state index contributed by atoms with van der Waals surface area (Å²) >= 11 is 5.79. The van der Waals surface area contributed by atoms with E-state index < -0.39 is 0 Å². The zero-order valence-corrected chi connectivity index (χ0v) is 13.6. The van der Waals surface area contributed by atoms with Crippen LogP contribution in [0.3, 0.4) is 0 Å². The smallest absolute Gasteiger partial charge is 0.319 e. The normalized spacial score (nSPS) is 10.0. The molecule has 0 aliphatic heterocycles. The van der Waals surface area contributed by atoms with Crippen molar-refractivity contribution in [3.63, 3.8) is 0 Å². The highest BCUT2D eigenvalue weighted by atomic mass is 35.5. The van der Waals surface area contributed by atoms with Crippen molar-refractivity contribution in [3.8, 4) is 11.5 Å². The van der Waals surface area contributed by atoms with E-state index in [4.69, 9.17) is 21.1 Å². The molecule has 0 aliphatic carbocycles. The molecule has 2 aromatic rings. The maximum absolute atomic E-state index is 11.8. The number of amides is 2. The predicted octanol–water partition coefficient (Wildman–Crippen LogP) is 3.94. The SMILES string of the molecule is CCOc1ccc(NC(=O)NCCOc2ccc(Cl)cc2)cc1. The lowest BCUT2D eigenvalue weighted by atomic mass is 10.3. The molecule has 2 N–H and O–H groups in total. The lowest BCUT2D eigenvalue weighted by molar-refractivity contribution is 0.247. The second kappa shape index (κ2) is 8.90. The molecule has 122 valence electrons. The van der Waals surface area contributed by atoms with Gasteiger partial charge in [-0.25, -0.2) is 4.79 Å². The molecule has 0 aliphatic rings. The molecule has 0 saturated heterocycles. The predicted molar refractivity (Wildman–Crippen MR) is 91.6 cm³/mol. The van der Waals surface area contributed by atoms with Gasteiger partial charge in [-0.15, -0.1) is 0 Å². The molecule has 0 fully saturated rings. The van der Waals surface area contributed by atoms with Crippen LogP contribution in [0.4, 0.5) is 10.5 Å². The minimum atomic E-state index is -0.283. The van der Waals surface area contributed by atoms with Crippen molar-refractivity contribution >= 4 is 23.3 Å². The molecule has 2 aromatic carbocycles. The second-order valence-corrected chi connectivity index (χ2v) is 5.08. The summed E-state index contributed by atoms with van der Waals surface area (Å²) in [6.07, 6.45) is 0. The van der Waals surface area contributed by atoms with Crippen LogP contribution >= 0.6 is 11.6 Å². The third-order valence-electron chi connectivity index (χ3n) is 2.89. The summed E-state index contributed by atoms with van der Waals surface area (Å²) < 4.78 is 10.8. The molecular weight excluding hydrogens is 316 g/mol. The first-order valence-electron chi connectivity index (χ1n) is 7.33. The molecule has 0 aromatic heterocycles. The van der Waals surface area contributed by atoms with Gasteiger partial charge in [-0.1, -0.05) is 11.6 Å². The van der Waals surface area contributed by atoms with Gasteiger partial charge in [0, 0.05) is 10.7 Å². The number of carbonyl (C=O) groups is 1. The molecule has 0 unspecified atom stereocenters. The van der Waals surface area contributed by atoms with Crippen LogP contribution in [-0.2, 0) is 0 Å². The number of halogens is 1. The maximum atomic E-state index is 11.8. The van der Waals surface area contributed by atoms with E-state index >= 15 is 0 Å². The van der Waals surface area contributed by atoms with E-state index in [1.54, 1.807) is 36.4 Å². The van der Waals surface area contributed by atoms with Gasteiger partial charge in [-0.2, -0.15) is 0 Å². The van der Waals surface area contributed by atoms with Crippen molar-refractivity contribution in [3.05, 3.63) is 53.6 Å². The van der Waals surface area contributed by atoms with Crippen LogP contribution < -0.4 is 20.1 Å². The molecule has 2 rings (SSSR count). The fourth-order valence-electron chi connectivity index (χ4n) is 1.84. The Morgan fingerprint density at radius 1 is 1.00 bits per heavy atom. The number of carbonyl (C=O) groups excluding carboxylic acids is 1. The highest BCUT2D eigenvalue weighted by Gasteiger charge is 2.02. The molecule has 23 heavy (non-hydrogen) atoms. The Balaban J connectivity index is 1.67. The van der Waals surface area contributed by atoms with Crippen molar-refractivity contribution in [1.82, 2.24) is 5.32 Å². The van der Waals surface area contributed by atoms with E-state index in [2.05, 4.69) is 10.6 Å². The molecule has 0 spiro atoms. The lowest BCUT2D eigenvalue weighted by Crippen LogP contribution is -2.32. The lowest BCUT2D eigenvalue weighted by Gasteiger charge is -2.10. The van der Waals surface area contributed by atoms with Gasteiger partial charge < -0.3 is 20.1 Å². The van der Waals surface area contributed by atoms with Gasteiger partial charge in [0.15, 0.2) is 0 Å². The van der Waals surface area contributed by atoms with Crippen molar-refractivity contribution in [2.45, 2.75) is 6.92 Å². The van der Waals surface area contributed by atoms with Gasteiger partial charge in [-0.3, -0.25) is 0 Å². The summed E-state index contributed by atoms with van der Waals surface area (Å²) in [7, 11) is 0. The average Bonchev–Trinajstić information content (AvgIpc) is 2.55. The summed E-state index contributed by atoms with van der Waals surface area (Å²) in [5.41, 5.74) is 0.699. The Morgan fingerprint density at radius 2 is 1.61 bits per heavy atom. The van der Waals surface area contributed by atoms with Gasteiger partial charge in [0.2, 0.25) is 0 Å². The summed E-state index contributed by atoms with van der Waals surface area (Å²) in [6.45, 7) is 3.30. The second-order valence-electron chi connectivity index (χ2n) is 4.64. The minimum absolute atomic E-state index is 0.283. The summed E-state index contributed by atoms with van der Waals surface area (Å²) in [5, 5.41) is 6.12. The molecular formula is C17H19ClN2O3. The van der Waals surface area contributed by atoms with Crippen LogP contribution in [0.15, 0.2) is 48.5 Å². The van der Waals surface area contributed by atoms with E-state index in [0.29, 0.717) is 36.2 Å². The Morgan fingerprint density at radius 3 is 2.26 bits per heavy atom. The molecule has 0 saturated carbocycles. The number of hydrogen-bond donors (Lipinski definition) is 2. The first-order chi connectivity index (χ1) is 11.2. The minimum Gasteiger partial charge on any atom is -0.494 e. The van der Waals surface area contributed by atoms with Crippen LogP contribution in [0.5, 0.6) is 11.5 Å². The third-order valence-corrected chi connectivity index (χ3v) is 3.15. The molecule has 0 atom stereocenters. The number of ether oxygens (including phenoxy) is 2. The highest BCUT2D eigenvalue weighted by Crippen LogP contribution is 2.16. The molecule has 0 bridgehead atoms. The monoisotopic (exact) mass is 334 g/mol. The van der Waals surface area contributed by atoms with Crippen LogP contribution in [0, 0.1) is 0 Å². The van der Waals surface area contributed by atoms with Crippen molar-refractivity contribution in [2.24, 2.45) is 0 Å². The highest BCUT2D eigenvalue weighted by molar-refractivity contribution is 6.30. The number of urea groups is 1. The summed E-state index contributed by atoms with van der Waals surface area (Å²) in [6, 6.07) is 14.0. The van der Waals surface area contributed by atoms with E-state index in [1.165, 1.54) is 0 Å². The molecule has 6 heteroatoms. The number of rotatable bonds is 7. The third kappa shape index (κ3) is 6.08. The Labute approximate surface area is 140 Å². The van der Waals surface area contributed by atoms with Gasteiger partial charge >= 0.3 is 6.03 Å². The van der Waals surface area contributed by atoms with Gasteiger partial charge in [-0.05, 0) is 55.5 Å².